The topological polar surface area (TPSA) is 119 Å². The number of thioether (sulfide) groups is 1. The molecule has 6 nitrogen and oxygen atoms in total. The number of carbonyl (C=O) groups excluding carboxylic acids is 1. The highest BCUT2D eigenvalue weighted by Gasteiger charge is 2.12. The van der Waals surface area contributed by atoms with Crippen LogP contribution in [0.25, 0.3) is 0 Å². The van der Waals surface area contributed by atoms with E-state index in [1.54, 1.807) is 10.8 Å². The van der Waals surface area contributed by atoms with Crippen molar-refractivity contribution >= 4 is 38.1 Å². The van der Waals surface area contributed by atoms with Crippen molar-refractivity contribution < 1.29 is 17.8 Å². The van der Waals surface area contributed by atoms with Gasteiger partial charge in [-0.15, -0.1) is 0 Å². The summed E-state index contributed by atoms with van der Waals surface area (Å²) < 4.78 is 24.6. The van der Waals surface area contributed by atoms with Crippen LogP contribution < -0.4 is 0 Å². The third kappa shape index (κ3) is 11.9. The zero-order valence-corrected chi connectivity index (χ0v) is 7.65. The molecule has 0 saturated heterocycles. The van der Waals surface area contributed by atoms with E-state index in [2.05, 4.69) is 11.6 Å². The number of hydrogen-bond donors (Lipinski definition) is 1. The molecule has 0 aromatic carbocycles. The zero-order chi connectivity index (χ0) is 10.2. The summed E-state index contributed by atoms with van der Waals surface area (Å²) in [4.78, 5) is 9.39. The van der Waals surface area contributed by atoms with E-state index in [9.17, 15) is 13.2 Å². The minimum atomic E-state index is -4.61. The Labute approximate surface area is 77.5 Å². The van der Waals surface area contributed by atoms with Crippen molar-refractivity contribution in [3.05, 3.63) is 0 Å². The molecule has 0 rings (SSSR count). The highest BCUT2D eigenvalue weighted by atomic mass is 35.5. The summed E-state index contributed by atoms with van der Waals surface area (Å²) in [6, 6.07) is 0. The van der Waals surface area contributed by atoms with Crippen LogP contribution in [0.2, 0.25) is 0 Å². The lowest BCUT2D eigenvalue weighted by molar-refractivity contribution is 0.271. The van der Waals surface area contributed by atoms with E-state index in [0.29, 0.717) is 11.8 Å². The number of carbonyl (C=O) groups is 1. The van der Waals surface area contributed by atoms with Crippen LogP contribution in [0.1, 0.15) is 0 Å². The lowest BCUT2D eigenvalue weighted by Gasteiger charge is -1.77. The Morgan fingerprint density at radius 2 is 1.67 bits per heavy atom. The highest BCUT2D eigenvalue weighted by Crippen LogP contribution is 1.90. The molecule has 0 aromatic heterocycles. The number of hydrogen-bond acceptors (Lipinski definition) is 6. The number of nitrogens with zero attached hydrogens (tertiary/aromatic N) is 2. The molecule has 1 N–H and O–H groups in total. The zero-order valence-electron chi connectivity index (χ0n) is 5.26. The predicted octanol–water partition coefficient (Wildman–Crippen LogP) is 0.915. The Bertz CT molecular complexity index is 311. The molecule has 9 heteroatoms. The fourth-order valence-electron chi connectivity index (χ4n) is 0.0204. The van der Waals surface area contributed by atoms with Crippen LogP contribution in [0.15, 0.2) is 0 Å². The predicted molar refractivity (Wildman–Crippen MR) is 41.6 cm³/mol. The van der Waals surface area contributed by atoms with Crippen LogP contribution in [-0.4, -0.2) is 17.5 Å². The van der Waals surface area contributed by atoms with Gasteiger partial charge in [-0.2, -0.15) is 18.9 Å². The van der Waals surface area contributed by atoms with Gasteiger partial charge in [0.05, 0.1) is 11.8 Å². The van der Waals surface area contributed by atoms with Crippen LogP contribution in [-0.2, 0) is 10.1 Å². The first-order valence-electron chi connectivity index (χ1n) is 1.97. The largest absolute Gasteiger partial charge is 0.363 e. The van der Waals surface area contributed by atoms with Gasteiger partial charge in [-0.3, -0.25) is 9.35 Å². The molecule has 0 spiro atoms. The summed E-state index contributed by atoms with van der Waals surface area (Å²) in [5.41, 5.74) is 0. The van der Waals surface area contributed by atoms with E-state index in [1.807, 2.05) is 0 Å². The quantitative estimate of drug-likeness (QED) is 0.372. The Morgan fingerprint density at radius 1 is 1.42 bits per heavy atom. The van der Waals surface area contributed by atoms with Crippen molar-refractivity contribution in [2.24, 2.45) is 0 Å². The van der Waals surface area contributed by atoms with E-state index < -0.39 is 14.7 Å². The molecule has 12 heavy (non-hydrogen) atoms. The van der Waals surface area contributed by atoms with Crippen LogP contribution in [0.4, 0.5) is 4.79 Å². The Hall–Kier alpha value is -0.800. The maximum atomic E-state index is 9.41. The van der Waals surface area contributed by atoms with Gasteiger partial charge in [0.25, 0.3) is 0 Å². The van der Waals surface area contributed by atoms with E-state index >= 15 is 0 Å². The smallest absolute Gasteiger partial charge is 0.279 e. The van der Waals surface area contributed by atoms with Gasteiger partial charge < -0.3 is 0 Å². The molecule has 0 aliphatic carbocycles. The van der Waals surface area contributed by atoms with Gasteiger partial charge >= 0.3 is 14.7 Å². The van der Waals surface area contributed by atoms with Crippen molar-refractivity contribution in [1.29, 1.82) is 10.5 Å². The standard InChI is InChI=1S/C2N2S.CHClO4S/c3-1-5-2-4;2-1(3)7(4,5)6/h;(H,4,5,6). The first-order valence-corrected chi connectivity index (χ1v) is 4.60. The molecule has 0 bridgehead atoms. The summed E-state index contributed by atoms with van der Waals surface area (Å²) in [5, 5.41) is 18.3. The van der Waals surface area contributed by atoms with Gasteiger partial charge in [-0.1, -0.05) is 0 Å². The monoisotopic (exact) mass is 228 g/mol. The average molecular weight is 229 g/mol. The molecule has 0 atom stereocenters. The molecular formula is C3HClN2O4S2. The van der Waals surface area contributed by atoms with Crippen LogP contribution in [0.3, 0.4) is 0 Å². The summed E-state index contributed by atoms with van der Waals surface area (Å²) >= 11 is 4.85. The Morgan fingerprint density at radius 3 is 1.67 bits per heavy atom. The minimum absolute atomic E-state index is 0.574. The molecule has 0 radical (unpaired) electrons. The van der Waals surface area contributed by atoms with Crippen molar-refractivity contribution in [3.63, 3.8) is 0 Å². The number of rotatable bonds is 0. The van der Waals surface area contributed by atoms with E-state index in [4.69, 9.17) is 15.1 Å². The first kappa shape index (κ1) is 13.8. The third-order valence-electron chi connectivity index (χ3n) is 0.294. The molecule has 0 aromatic rings. The molecule has 0 aliphatic rings. The average Bonchev–Trinajstić information content (AvgIpc) is 1.88. The molecule has 0 saturated carbocycles. The minimum Gasteiger partial charge on any atom is -0.279 e. The molecule has 0 unspecified atom stereocenters. The number of nitriles is 2. The van der Waals surface area contributed by atoms with Crippen molar-refractivity contribution in [1.82, 2.24) is 0 Å². The SMILES string of the molecule is N#CSC#N.O=C(Cl)S(=O)(=O)O. The van der Waals surface area contributed by atoms with Gasteiger partial charge in [-0.05, 0) is 11.6 Å². The molecular weight excluding hydrogens is 228 g/mol. The van der Waals surface area contributed by atoms with Crippen molar-refractivity contribution in [2.45, 2.75) is 0 Å². The summed E-state index contributed by atoms with van der Waals surface area (Å²) in [7, 11) is -4.61. The second kappa shape index (κ2) is 6.88. The summed E-state index contributed by atoms with van der Waals surface area (Å²) in [6.07, 6.45) is 0. The summed E-state index contributed by atoms with van der Waals surface area (Å²) in [6.45, 7) is 0. The van der Waals surface area contributed by atoms with Gasteiger partial charge in [0, 0.05) is 0 Å². The van der Waals surface area contributed by atoms with Gasteiger partial charge in [-0.25, -0.2) is 0 Å². The van der Waals surface area contributed by atoms with E-state index in [-0.39, 0.29) is 0 Å². The lowest BCUT2D eigenvalue weighted by Crippen LogP contribution is -2.02. The number of halogens is 1. The third-order valence-corrected chi connectivity index (χ3v) is 1.47. The van der Waals surface area contributed by atoms with Gasteiger partial charge in [0.2, 0.25) is 0 Å². The second-order valence-electron chi connectivity index (χ2n) is 0.997. The van der Waals surface area contributed by atoms with Gasteiger partial charge in [0.15, 0.2) is 0 Å². The molecule has 0 aliphatic heterocycles. The molecule has 0 fully saturated rings. The van der Waals surface area contributed by atoms with E-state index in [1.165, 1.54) is 0 Å². The molecule has 0 amide bonds. The van der Waals surface area contributed by atoms with Crippen molar-refractivity contribution in [3.8, 4) is 10.8 Å². The fraction of sp³-hybridized carbons (Fsp3) is 0. The maximum absolute atomic E-state index is 9.41. The van der Waals surface area contributed by atoms with E-state index in [0.717, 1.165) is 0 Å². The van der Waals surface area contributed by atoms with Crippen LogP contribution in [0, 0.1) is 21.3 Å². The second-order valence-corrected chi connectivity index (χ2v) is 3.45. The van der Waals surface area contributed by atoms with Crippen molar-refractivity contribution in [2.75, 3.05) is 0 Å². The number of thiocyanates is 2. The maximum Gasteiger partial charge on any atom is 0.363 e. The normalized spacial score (nSPS) is 8.33. The highest BCUT2D eigenvalue weighted by molar-refractivity contribution is 8.08. The lowest BCUT2D eigenvalue weighted by atomic mass is 11.8. The van der Waals surface area contributed by atoms with Crippen LogP contribution in [0.5, 0.6) is 0 Å². The molecule has 66 valence electrons. The first-order chi connectivity index (χ1) is 5.36. The van der Waals surface area contributed by atoms with Crippen LogP contribution >= 0.6 is 23.4 Å². The summed E-state index contributed by atoms with van der Waals surface area (Å²) in [5.74, 6) is 0. The van der Waals surface area contributed by atoms with Gasteiger partial charge in [0.1, 0.15) is 10.8 Å². The molecule has 0 heterocycles. The Balaban J connectivity index is 0. The Kier molecular flexibility index (Phi) is 7.90. The fourth-order valence-corrected chi connectivity index (χ4v) is 0.0612.